The molecule has 0 unspecified atom stereocenters. The summed E-state index contributed by atoms with van der Waals surface area (Å²) in [5, 5.41) is 13.6. The zero-order chi connectivity index (χ0) is 15.1. The number of hydrogen-bond donors (Lipinski definition) is 2. The highest BCUT2D eigenvalue weighted by atomic mass is 32.1. The minimum atomic E-state index is 0.0000742. The van der Waals surface area contributed by atoms with Gasteiger partial charge < -0.3 is 10.4 Å². The third-order valence-corrected chi connectivity index (χ3v) is 4.84. The summed E-state index contributed by atoms with van der Waals surface area (Å²) in [7, 11) is 0. The van der Waals surface area contributed by atoms with Crippen LogP contribution in [0.2, 0.25) is 0 Å². The fraction of sp³-hybridized carbons (Fsp3) is 0.588. The first-order chi connectivity index (χ1) is 10.2. The molecule has 21 heavy (non-hydrogen) atoms. The van der Waals surface area contributed by atoms with Crippen LogP contribution in [0.15, 0.2) is 11.4 Å². The number of hydrogen-bond acceptors (Lipinski definition) is 3. The van der Waals surface area contributed by atoms with Gasteiger partial charge in [0.1, 0.15) is 0 Å². The smallest absolute Gasteiger partial charge is 0.252 e. The number of carbonyl (C=O) groups excluding carboxylic acids is 1. The lowest BCUT2D eigenvalue weighted by Gasteiger charge is -2.26. The second kappa shape index (κ2) is 8.21. The van der Waals surface area contributed by atoms with Gasteiger partial charge in [-0.1, -0.05) is 31.6 Å². The van der Waals surface area contributed by atoms with Gasteiger partial charge in [-0.15, -0.1) is 11.3 Å². The zero-order valence-electron chi connectivity index (χ0n) is 12.5. The van der Waals surface area contributed by atoms with Crippen molar-refractivity contribution in [1.29, 1.82) is 0 Å². The van der Waals surface area contributed by atoms with E-state index in [1.54, 1.807) is 0 Å². The second-order valence-electron chi connectivity index (χ2n) is 5.81. The first kappa shape index (κ1) is 16.1. The minimum Gasteiger partial charge on any atom is -0.395 e. The van der Waals surface area contributed by atoms with Crippen molar-refractivity contribution < 1.29 is 9.90 Å². The molecule has 1 saturated carbocycles. The molecule has 0 saturated heterocycles. The second-order valence-corrected chi connectivity index (χ2v) is 6.72. The molecule has 1 amide bonds. The average molecular weight is 305 g/mol. The van der Waals surface area contributed by atoms with Gasteiger partial charge in [0.15, 0.2) is 0 Å². The highest BCUT2D eigenvalue weighted by Crippen LogP contribution is 2.27. The van der Waals surface area contributed by atoms with Gasteiger partial charge >= 0.3 is 0 Å². The summed E-state index contributed by atoms with van der Waals surface area (Å²) in [4.78, 5) is 13.0. The van der Waals surface area contributed by atoms with E-state index < -0.39 is 0 Å². The van der Waals surface area contributed by atoms with Gasteiger partial charge in [0, 0.05) is 18.3 Å². The maximum Gasteiger partial charge on any atom is 0.252 e. The van der Waals surface area contributed by atoms with Crippen molar-refractivity contribution in [2.24, 2.45) is 11.8 Å². The molecule has 114 valence electrons. The number of amides is 1. The van der Waals surface area contributed by atoms with Crippen molar-refractivity contribution >= 4 is 17.2 Å². The maximum atomic E-state index is 12.1. The summed E-state index contributed by atoms with van der Waals surface area (Å²) in [5.74, 6) is 7.30. The summed E-state index contributed by atoms with van der Waals surface area (Å²) in [6.45, 7) is 3.16. The van der Waals surface area contributed by atoms with Crippen LogP contribution in [0.3, 0.4) is 0 Å². The molecule has 0 spiro atoms. The van der Waals surface area contributed by atoms with Gasteiger partial charge in [0.05, 0.1) is 17.0 Å². The molecule has 2 N–H and O–H groups in total. The molecule has 1 aliphatic carbocycles. The lowest BCUT2D eigenvalue weighted by Crippen LogP contribution is -2.30. The number of rotatable bonds is 4. The SMILES string of the molecule is CC1CCC(CNC(=O)c2csc(C#CCCO)c2)CC1. The van der Waals surface area contributed by atoms with Crippen molar-refractivity contribution in [2.45, 2.75) is 39.0 Å². The molecule has 0 radical (unpaired) electrons. The van der Waals surface area contributed by atoms with E-state index >= 15 is 0 Å². The van der Waals surface area contributed by atoms with Gasteiger partial charge in [-0.25, -0.2) is 0 Å². The van der Waals surface area contributed by atoms with E-state index in [-0.39, 0.29) is 12.5 Å². The molecule has 1 aromatic heterocycles. The lowest BCUT2D eigenvalue weighted by atomic mass is 9.83. The molecule has 2 rings (SSSR count). The van der Waals surface area contributed by atoms with Crippen LogP contribution in [0.25, 0.3) is 0 Å². The van der Waals surface area contributed by atoms with Crippen LogP contribution >= 0.6 is 11.3 Å². The third-order valence-electron chi connectivity index (χ3n) is 4.00. The van der Waals surface area contributed by atoms with E-state index in [1.165, 1.54) is 37.0 Å². The first-order valence-electron chi connectivity index (χ1n) is 7.65. The molecule has 3 nitrogen and oxygen atoms in total. The Hall–Kier alpha value is -1.31. The Kier molecular flexibility index (Phi) is 6.28. The fourth-order valence-electron chi connectivity index (χ4n) is 2.60. The summed E-state index contributed by atoms with van der Waals surface area (Å²) in [6, 6.07) is 1.83. The number of thiophene rings is 1. The molecule has 0 atom stereocenters. The van der Waals surface area contributed by atoms with E-state index in [4.69, 9.17) is 5.11 Å². The summed E-state index contributed by atoms with van der Waals surface area (Å²) < 4.78 is 0. The largest absolute Gasteiger partial charge is 0.395 e. The van der Waals surface area contributed by atoms with Crippen LogP contribution in [-0.2, 0) is 0 Å². The first-order valence-corrected chi connectivity index (χ1v) is 8.53. The Morgan fingerprint density at radius 2 is 2.19 bits per heavy atom. The van der Waals surface area contributed by atoms with Gasteiger partial charge in [-0.2, -0.15) is 0 Å². The highest BCUT2D eigenvalue weighted by molar-refractivity contribution is 7.10. The van der Waals surface area contributed by atoms with E-state index in [0.717, 1.165) is 17.3 Å². The van der Waals surface area contributed by atoms with E-state index in [9.17, 15) is 4.79 Å². The monoisotopic (exact) mass is 305 g/mol. The number of carbonyl (C=O) groups is 1. The van der Waals surface area contributed by atoms with E-state index in [1.807, 2.05) is 11.4 Å². The molecule has 0 aromatic carbocycles. The Labute approximate surface area is 130 Å². The summed E-state index contributed by atoms with van der Waals surface area (Å²) >= 11 is 1.47. The molecule has 1 aromatic rings. The molecular weight excluding hydrogens is 282 g/mol. The fourth-order valence-corrected chi connectivity index (χ4v) is 3.35. The maximum absolute atomic E-state index is 12.1. The molecule has 0 aliphatic heterocycles. The predicted molar refractivity (Wildman–Crippen MR) is 86.4 cm³/mol. The average Bonchev–Trinajstić information content (AvgIpc) is 2.96. The Morgan fingerprint density at radius 1 is 1.43 bits per heavy atom. The molecule has 0 bridgehead atoms. The predicted octanol–water partition coefficient (Wildman–Crippen LogP) is 3.04. The molecule has 1 heterocycles. The van der Waals surface area contributed by atoms with Gasteiger partial charge in [-0.05, 0) is 30.7 Å². The minimum absolute atomic E-state index is 0.0000742. The normalized spacial score (nSPS) is 21.4. The van der Waals surface area contributed by atoms with Crippen molar-refractivity contribution in [3.05, 3.63) is 21.9 Å². The number of nitrogens with one attached hydrogen (secondary N) is 1. The third kappa shape index (κ3) is 5.18. The molecule has 1 fully saturated rings. The topological polar surface area (TPSA) is 49.3 Å². The summed E-state index contributed by atoms with van der Waals surface area (Å²) in [6.07, 6.45) is 5.48. The molecule has 4 heteroatoms. The number of aliphatic hydroxyl groups is 1. The van der Waals surface area contributed by atoms with Crippen LogP contribution in [0.5, 0.6) is 0 Å². The van der Waals surface area contributed by atoms with Crippen molar-refractivity contribution in [2.75, 3.05) is 13.2 Å². The van der Waals surface area contributed by atoms with Crippen molar-refractivity contribution in [1.82, 2.24) is 5.32 Å². The van der Waals surface area contributed by atoms with Gasteiger partial charge in [0.2, 0.25) is 0 Å². The summed E-state index contributed by atoms with van der Waals surface area (Å²) in [5.41, 5.74) is 0.692. The van der Waals surface area contributed by atoms with Crippen LogP contribution in [0, 0.1) is 23.7 Å². The Morgan fingerprint density at radius 3 is 2.90 bits per heavy atom. The zero-order valence-corrected chi connectivity index (χ0v) is 13.3. The quantitative estimate of drug-likeness (QED) is 0.840. The standard InChI is InChI=1S/C17H23NO2S/c1-13-5-7-14(8-6-13)11-18-17(20)15-10-16(21-12-15)4-2-3-9-19/h10,12-14,19H,3,5-9,11H2,1H3,(H,18,20). The Balaban J connectivity index is 1.79. The van der Waals surface area contributed by atoms with Gasteiger partial charge in [-0.3, -0.25) is 4.79 Å². The van der Waals surface area contributed by atoms with Crippen LogP contribution in [0.1, 0.15) is 54.3 Å². The Bertz CT molecular complexity index is 518. The van der Waals surface area contributed by atoms with Crippen LogP contribution in [-0.4, -0.2) is 24.2 Å². The lowest BCUT2D eigenvalue weighted by molar-refractivity contribution is 0.0942. The van der Waals surface area contributed by atoms with E-state index in [0.29, 0.717) is 17.9 Å². The van der Waals surface area contributed by atoms with E-state index in [2.05, 4.69) is 24.1 Å². The van der Waals surface area contributed by atoms with Crippen LogP contribution < -0.4 is 5.32 Å². The van der Waals surface area contributed by atoms with Crippen molar-refractivity contribution in [3.8, 4) is 11.8 Å². The molecular formula is C17H23NO2S. The van der Waals surface area contributed by atoms with Crippen LogP contribution in [0.4, 0.5) is 0 Å². The number of aliphatic hydroxyl groups excluding tert-OH is 1. The van der Waals surface area contributed by atoms with Gasteiger partial charge in [0.25, 0.3) is 5.91 Å². The molecule has 1 aliphatic rings. The van der Waals surface area contributed by atoms with Crippen molar-refractivity contribution in [3.63, 3.8) is 0 Å². The highest BCUT2D eigenvalue weighted by Gasteiger charge is 2.19.